The van der Waals surface area contributed by atoms with E-state index in [1.165, 1.54) is 14.0 Å². The van der Waals surface area contributed by atoms with Gasteiger partial charge in [0.15, 0.2) is 5.69 Å². The van der Waals surface area contributed by atoms with Crippen LogP contribution in [0.25, 0.3) is 0 Å². The molecule has 3 aromatic heterocycles. The Bertz CT molecular complexity index is 1350. The van der Waals surface area contributed by atoms with Crippen LogP contribution in [0, 0.1) is 30.6 Å². The molecule has 3 heterocycles. The number of nitrogens with one attached hydrogen (secondary N) is 2. The van der Waals surface area contributed by atoms with Crippen molar-refractivity contribution in [3.05, 3.63) is 35.4 Å². The third-order valence-electron chi connectivity index (χ3n) is 7.06. The van der Waals surface area contributed by atoms with Crippen LogP contribution >= 0.6 is 0 Å². The first-order valence-electron chi connectivity index (χ1n) is 12.6. The van der Waals surface area contributed by atoms with Crippen LogP contribution in [0.5, 0.6) is 0 Å². The zero-order valence-electron chi connectivity index (χ0n) is 21.6. The smallest absolute Gasteiger partial charge is 0.382 e. The van der Waals surface area contributed by atoms with E-state index in [1.807, 2.05) is 0 Å². The Morgan fingerprint density at radius 3 is 2.48 bits per heavy atom. The number of aryl methyl sites for hydroxylation is 1. The van der Waals surface area contributed by atoms with Crippen molar-refractivity contribution in [2.45, 2.75) is 57.4 Å². The molecule has 2 N–H and O–H groups in total. The van der Waals surface area contributed by atoms with Gasteiger partial charge in [0.05, 0.1) is 24.7 Å². The number of rotatable bonds is 12. The normalized spacial score (nSPS) is 17.2. The second kappa shape index (κ2) is 10.9. The van der Waals surface area contributed by atoms with Gasteiger partial charge in [0.1, 0.15) is 30.0 Å². The monoisotopic (exact) mass is 569 g/mol. The lowest BCUT2D eigenvalue weighted by molar-refractivity contribution is -0.143. The molecule has 0 aliphatic heterocycles. The number of halogens is 4. The minimum Gasteiger partial charge on any atom is -0.382 e. The summed E-state index contributed by atoms with van der Waals surface area (Å²) in [5, 5.41) is 23.2. The summed E-state index contributed by atoms with van der Waals surface area (Å²) < 4.78 is 65.5. The number of amides is 2. The van der Waals surface area contributed by atoms with E-state index >= 15 is 4.39 Å². The fourth-order valence-electron chi connectivity index (χ4n) is 4.97. The van der Waals surface area contributed by atoms with Crippen LogP contribution in [-0.2, 0) is 16.1 Å². The molecule has 0 aromatic carbocycles. The Balaban J connectivity index is 1.39. The number of carbonyl (C=O) groups excluding carboxylic acids is 2. The lowest BCUT2D eigenvalue weighted by Crippen LogP contribution is -2.50. The third kappa shape index (κ3) is 6.13. The van der Waals surface area contributed by atoms with Gasteiger partial charge in [-0.25, -0.2) is 9.31 Å². The number of nitrogens with zero attached hydrogens (tertiary/aromatic N) is 7. The minimum atomic E-state index is -4.58. The maximum Gasteiger partial charge on any atom is 0.408 e. The molecule has 2 fully saturated rings. The fraction of sp³-hybridized carbons (Fsp3) is 0.609. The first-order chi connectivity index (χ1) is 19.1. The third-order valence-corrected chi connectivity index (χ3v) is 7.06. The number of hydrogen-bond donors (Lipinski definition) is 2. The summed E-state index contributed by atoms with van der Waals surface area (Å²) in [6.07, 6.45) is 1.33. The maximum absolute atomic E-state index is 15.0. The number of hydrogen-bond acceptors (Lipinski definition) is 9. The molecule has 0 radical (unpaired) electrons. The maximum atomic E-state index is 15.0. The van der Waals surface area contributed by atoms with E-state index < -0.39 is 42.6 Å². The lowest BCUT2D eigenvalue weighted by atomic mass is 9.88. The second-order valence-electron chi connectivity index (χ2n) is 10.1. The average molecular weight is 570 g/mol. The highest BCUT2D eigenvalue weighted by atomic mass is 19.4. The molecule has 2 atom stereocenters. The van der Waals surface area contributed by atoms with Gasteiger partial charge in [0, 0.05) is 7.11 Å². The highest BCUT2D eigenvalue weighted by Gasteiger charge is 2.48. The Hall–Kier alpha value is -3.89. The molecule has 13 nitrogen and oxygen atoms in total. The molecular weight excluding hydrogens is 542 g/mol. The van der Waals surface area contributed by atoms with Crippen molar-refractivity contribution in [3.8, 4) is 0 Å². The average Bonchev–Trinajstić information content (AvgIpc) is 3.79. The van der Waals surface area contributed by atoms with Crippen LogP contribution in [0.1, 0.15) is 53.6 Å². The van der Waals surface area contributed by atoms with Crippen molar-refractivity contribution in [1.82, 2.24) is 40.4 Å². The zero-order valence-corrected chi connectivity index (χ0v) is 21.6. The number of alkyl halides is 3. The van der Waals surface area contributed by atoms with Crippen LogP contribution in [-0.4, -0.2) is 72.8 Å². The van der Waals surface area contributed by atoms with Gasteiger partial charge in [0.25, 0.3) is 11.9 Å². The molecule has 2 aliphatic carbocycles. The van der Waals surface area contributed by atoms with E-state index in [0.29, 0.717) is 4.68 Å². The molecule has 5 rings (SSSR count). The van der Waals surface area contributed by atoms with Crippen molar-refractivity contribution in [2.24, 2.45) is 17.8 Å². The summed E-state index contributed by atoms with van der Waals surface area (Å²) in [5.74, 6) is -2.06. The highest BCUT2D eigenvalue weighted by Crippen LogP contribution is 2.51. The zero-order chi connectivity index (χ0) is 28.6. The molecule has 0 spiro atoms. The minimum absolute atomic E-state index is 0.0242. The predicted molar refractivity (Wildman–Crippen MR) is 126 cm³/mol. The van der Waals surface area contributed by atoms with Crippen molar-refractivity contribution in [1.29, 1.82) is 0 Å². The van der Waals surface area contributed by atoms with Gasteiger partial charge in [-0.2, -0.15) is 17.6 Å². The second-order valence-corrected chi connectivity index (χ2v) is 10.1. The Morgan fingerprint density at radius 1 is 1.20 bits per heavy atom. The summed E-state index contributed by atoms with van der Waals surface area (Å²) in [6, 6.07) is -2.04. The molecule has 2 saturated carbocycles. The molecule has 0 saturated heterocycles. The quantitative estimate of drug-likeness (QED) is 0.313. The Kier molecular flexibility index (Phi) is 7.57. The van der Waals surface area contributed by atoms with Gasteiger partial charge >= 0.3 is 6.18 Å². The van der Waals surface area contributed by atoms with Crippen LogP contribution in [0.3, 0.4) is 0 Å². The Morgan fingerprint density at radius 2 is 1.90 bits per heavy atom. The first-order valence-corrected chi connectivity index (χ1v) is 12.6. The lowest BCUT2D eigenvalue weighted by Gasteiger charge is -2.27. The highest BCUT2D eigenvalue weighted by molar-refractivity contribution is 6.01. The van der Waals surface area contributed by atoms with E-state index in [1.54, 1.807) is 0 Å². The van der Waals surface area contributed by atoms with Gasteiger partial charge in [-0.15, -0.1) is 10.2 Å². The van der Waals surface area contributed by atoms with E-state index in [9.17, 15) is 22.8 Å². The van der Waals surface area contributed by atoms with Gasteiger partial charge in [-0.05, 0) is 55.5 Å². The number of carbonyl (C=O) groups is 2. The van der Waals surface area contributed by atoms with Crippen LogP contribution in [0.4, 0.5) is 23.2 Å². The number of methoxy groups -OCH3 is 1. The number of anilines is 1. The summed E-state index contributed by atoms with van der Waals surface area (Å²) >= 11 is 0. The molecular formula is C23H27F4N9O4. The molecule has 216 valence electrons. The Labute approximate surface area is 224 Å². The fourth-order valence-corrected chi connectivity index (χ4v) is 4.97. The van der Waals surface area contributed by atoms with Crippen molar-refractivity contribution < 1.29 is 36.5 Å². The molecule has 2 amide bonds. The summed E-state index contributed by atoms with van der Waals surface area (Å²) in [6.45, 7) is -0.0629. The van der Waals surface area contributed by atoms with E-state index in [2.05, 4.69) is 41.0 Å². The van der Waals surface area contributed by atoms with Gasteiger partial charge in [-0.3, -0.25) is 14.3 Å². The molecule has 17 heteroatoms. The number of ether oxygens (including phenoxy) is 1. The molecule has 40 heavy (non-hydrogen) atoms. The molecule has 1 unspecified atom stereocenters. The molecule has 0 bridgehead atoms. The molecule has 3 aromatic rings. The topological polar surface area (TPSA) is 155 Å². The van der Waals surface area contributed by atoms with E-state index in [-0.39, 0.29) is 47.1 Å². The largest absolute Gasteiger partial charge is 0.408 e. The number of aromatic nitrogens is 7. The van der Waals surface area contributed by atoms with Crippen LogP contribution in [0.2, 0.25) is 0 Å². The summed E-state index contributed by atoms with van der Waals surface area (Å²) in [5.41, 5.74) is -0.149. The first kappa shape index (κ1) is 27.7. The van der Waals surface area contributed by atoms with Crippen molar-refractivity contribution in [2.75, 3.05) is 19.0 Å². The standard InChI is InChI=1S/C23H27F4N9O4/c1-11-18(33-40-32-11)21(37)30-19(17(12-3-4-12)13-5-6-13)22(38)29-14-8-35(31-20(14)24)16(9-39-2)15-7-28-34-36(15)10-23(25,26)27/h7-8,12-13,16-17,19H,3-6,9-10H2,1-2H3,(H,29,38)(H,30,37)/t16?,19-/m0/s1. The van der Waals surface area contributed by atoms with E-state index in [0.717, 1.165) is 42.8 Å². The predicted octanol–water partition coefficient (Wildman–Crippen LogP) is 2.28. The van der Waals surface area contributed by atoms with Crippen molar-refractivity contribution >= 4 is 17.5 Å². The van der Waals surface area contributed by atoms with Gasteiger partial charge in [-0.1, -0.05) is 10.4 Å². The van der Waals surface area contributed by atoms with Crippen LogP contribution < -0.4 is 10.6 Å². The van der Waals surface area contributed by atoms with Gasteiger partial charge < -0.3 is 15.4 Å². The van der Waals surface area contributed by atoms with Crippen molar-refractivity contribution in [3.63, 3.8) is 0 Å². The summed E-state index contributed by atoms with van der Waals surface area (Å²) in [7, 11) is 1.32. The molecule has 2 aliphatic rings. The van der Waals surface area contributed by atoms with E-state index in [4.69, 9.17) is 4.74 Å². The van der Waals surface area contributed by atoms with Gasteiger partial charge in [0.2, 0.25) is 5.91 Å². The summed E-state index contributed by atoms with van der Waals surface area (Å²) in [4.78, 5) is 26.5. The SMILES string of the molecule is COCC(c1cnnn1CC(F)(F)F)n1cc(NC(=O)[C@@H](NC(=O)c2nonc2C)C(C2CC2)C2CC2)c(F)n1. The van der Waals surface area contributed by atoms with Crippen LogP contribution in [0.15, 0.2) is 17.0 Å².